The monoisotopic (exact) mass is 341 g/mol. The van der Waals surface area contributed by atoms with Crippen LogP contribution in [-0.2, 0) is 13.6 Å². The van der Waals surface area contributed by atoms with Gasteiger partial charge in [0, 0.05) is 25.2 Å². The Morgan fingerprint density at radius 3 is 2.76 bits per heavy atom. The Bertz CT molecular complexity index is 823. The zero-order valence-electron chi connectivity index (χ0n) is 14.6. The van der Waals surface area contributed by atoms with Gasteiger partial charge in [-0.15, -0.1) is 0 Å². The maximum Gasteiger partial charge on any atom is 0.271 e. The van der Waals surface area contributed by atoms with Gasteiger partial charge in [-0.25, -0.2) is 4.68 Å². The predicted molar refractivity (Wildman–Crippen MR) is 94.7 cm³/mol. The Kier molecular flexibility index (Phi) is 5.16. The van der Waals surface area contributed by atoms with Crippen molar-refractivity contribution in [3.05, 3.63) is 57.5 Å². The molecule has 1 heterocycles. The van der Waals surface area contributed by atoms with Gasteiger partial charge in [-0.05, 0) is 50.3 Å². The van der Waals surface area contributed by atoms with E-state index >= 15 is 0 Å². The maximum absolute atomic E-state index is 12.3. The van der Waals surface area contributed by atoms with Gasteiger partial charge in [-0.1, -0.05) is 12.1 Å². The number of hydrogen-bond acceptors (Lipinski definition) is 4. The average Bonchev–Trinajstić information content (AvgIpc) is 3.09. The number of nitrogens with one attached hydrogen (secondary N) is 1. The van der Waals surface area contributed by atoms with Crippen LogP contribution in [0.2, 0.25) is 0 Å². The van der Waals surface area contributed by atoms with E-state index in [-0.39, 0.29) is 23.3 Å². The second kappa shape index (κ2) is 7.51. The Morgan fingerprint density at radius 1 is 1.28 bits per heavy atom. The van der Waals surface area contributed by atoms with Crippen LogP contribution in [-0.4, -0.2) is 21.8 Å². The number of aromatic nitrogens is 2. The Morgan fingerprint density at radius 2 is 2.04 bits per heavy atom. The summed E-state index contributed by atoms with van der Waals surface area (Å²) in [4.78, 5) is 23.6. The standard InChI is InChI=1S/C19H23N3O3/c1-13-7-8-14(17(11-13)25-15-5-3-4-6-15)12-20-19(24)16-9-10-18(23)22(2)21-16/h7-11,15H,3-6,12H2,1-2H3,(H,20,24). The van der Waals surface area contributed by atoms with Crippen LogP contribution < -0.4 is 15.6 Å². The molecule has 25 heavy (non-hydrogen) atoms. The van der Waals surface area contributed by atoms with Crippen molar-refractivity contribution in [1.82, 2.24) is 15.1 Å². The molecule has 1 saturated carbocycles. The van der Waals surface area contributed by atoms with Crippen molar-refractivity contribution < 1.29 is 9.53 Å². The molecule has 6 nitrogen and oxygen atoms in total. The second-order valence-electron chi connectivity index (χ2n) is 6.50. The van der Waals surface area contributed by atoms with E-state index in [1.54, 1.807) is 0 Å². The topological polar surface area (TPSA) is 73.2 Å². The molecule has 1 fully saturated rings. The molecule has 3 rings (SSSR count). The number of hydrogen-bond donors (Lipinski definition) is 1. The van der Waals surface area contributed by atoms with Crippen molar-refractivity contribution >= 4 is 5.91 Å². The number of carbonyl (C=O) groups excluding carboxylic acids is 1. The summed E-state index contributed by atoms with van der Waals surface area (Å²) >= 11 is 0. The van der Waals surface area contributed by atoms with E-state index in [0.717, 1.165) is 34.4 Å². The highest BCUT2D eigenvalue weighted by atomic mass is 16.5. The molecule has 1 aromatic carbocycles. The van der Waals surface area contributed by atoms with E-state index < -0.39 is 0 Å². The summed E-state index contributed by atoms with van der Waals surface area (Å²) in [6.45, 7) is 2.38. The molecule has 1 amide bonds. The van der Waals surface area contributed by atoms with Gasteiger partial charge < -0.3 is 10.1 Å². The lowest BCUT2D eigenvalue weighted by atomic mass is 10.1. The summed E-state index contributed by atoms with van der Waals surface area (Å²) in [7, 11) is 1.52. The molecule has 0 atom stereocenters. The van der Waals surface area contributed by atoms with Gasteiger partial charge in [-0.3, -0.25) is 9.59 Å². The summed E-state index contributed by atoms with van der Waals surface area (Å²) < 4.78 is 7.30. The predicted octanol–water partition coefficient (Wildman–Crippen LogP) is 2.34. The Hall–Kier alpha value is -2.63. The van der Waals surface area contributed by atoms with Crippen LogP contribution in [0.1, 0.15) is 47.3 Å². The summed E-state index contributed by atoms with van der Waals surface area (Å²) in [5.41, 5.74) is 2.04. The summed E-state index contributed by atoms with van der Waals surface area (Å²) in [6.07, 6.45) is 4.85. The first-order chi connectivity index (χ1) is 12.0. The van der Waals surface area contributed by atoms with E-state index in [0.29, 0.717) is 6.54 Å². The number of ether oxygens (including phenoxy) is 1. The number of carbonyl (C=O) groups is 1. The van der Waals surface area contributed by atoms with Gasteiger partial charge in [-0.2, -0.15) is 5.10 Å². The van der Waals surface area contributed by atoms with Gasteiger partial charge in [0.05, 0.1) is 6.10 Å². The summed E-state index contributed by atoms with van der Waals surface area (Å²) in [5, 5.41) is 6.82. The highest BCUT2D eigenvalue weighted by Gasteiger charge is 2.18. The number of rotatable bonds is 5. The Balaban J connectivity index is 1.70. The molecule has 0 unspecified atom stereocenters. The molecule has 0 aliphatic heterocycles. The van der Waals surface area contributed by atoms with Crippen LogP contribution in [0.15, 0.2) is 35.1 Å². The van der Waals surface area contributed by atoms with Crippen LogP contribution in [0.25, 0.3) is 0 Å². The van der Waals surface area contributed by atoms with Crippen molar-refractivity contribution in [3.8, 4) is 5.75 Å². The van der Waals surface area contributed by atoms with Crippen LogP contribution in [0.5, 0.6) is 5.75 Å². The zero-order chi connectivity index (χ0) is 17.8. The van der Waals surface area contributed by atoms with Crippen molar-refractivity contribution in [2.45, 2.75) is 45.3 Å². The second-order valence-corrected chi connectivity index (χ2v) is 6.50. The van der Waals surface area contributed by atoms with Gasteiger partial charge in [0.15, 0.2) is 0 Å². The molecule has 6 heteroatoms. The third-order valence-corrected chi connectivity index (χ3v) is 4.45. The maximum atomic E-state index is 12.3. The summed E-state index contributed by atoms with van der Waals surface area (Å²) in [5.74, 6) is 0.517. The van der Waals surface area contributed by atoms with E-state index in [4.69, 9.17) is 4.74 Å². The minimum Gasteiger partial charge on any atom is -0.490 e. The molecule has 1 N–H and O–H groups in total. The fraction of sp³-hybridized carbons (Fsp3) is 0.421. The quantitative estimate of drug-likeness (QED) is 0.906. The first-order valence-corrected chi connectivity index (χ1v) is 8.61. The largest absolute Gasteiger partial charge is 0.490 e. The van der Waals surface area contributed by atoms with Gasteiger partial charge in [0.25, 0.3) is 11.5 Å². The third kappa shape index (κ3) is 4.26. The minimum absolute atomic E-state index is 0.215. The van der Waals surface area contributed by atoms with E-state index in [9.17, 15) is 9.59 Å². The van der Waals surface area contributed by atoms with Gasteiger partial charge in [0.1, 0.15) is 11.4 Å². The SMILES string of the molecule is Cc1ccc(CNC(=O)c2ccc(=O)n(C)n2)c(OC2CCCC2)c1. The van der Waals surface area contributed by atoms with Crippen molar-refractivity contribution in [1.29, 1.82) is 0 Å². The van der Waals surface area contributed by atoms with Crippen molar-refractivity contribution in [2.24, 2.45) is 7.05 Å². The van der Waals surface area contributed by atoms with Gasteiger partial charge in [0.2, 0.25) is 0 Å². The van der Waals surface area contributed by atoms with E-state index in [2.05, 4.69) is 10.4 Å². The zero-order valence-corrected chi connectivity index (χ0v) is 14.6. The van der Waals surface area contributed by atoms with Crippen molar-refractivity contribution in [3.63, 3.8) is 0 Å². The lowest BCUT2D eigenvalue weighted by molar-refractivity contribution is 0.0943. The molecule has 1 aliphatic carbocycles. The molecule has 0 bridgehead atoms. The number of benzene rings is 1. The normalized spacial score (nSPS) is 14.5. The van der Waals surface area contributed by atoms with Gasteiger partial charge >= 0.3 is 0 Å². The van der Waals surface area contributed by atoms with Crippen molar-refractivity contribution in [2.75, 3.05) is 0 Å². The molecule has 132 valence electrons. The molecular weight excluding hydrogens is 318 g/mol. The highest BCUT2D eigenvalue weighted by Crippen LogP contribution is 2.27. The van der Waals surface area contributed by atoms with E-state index in [1.807, 2.05) is 25.1 Å². The van der Waals surface area contributed by atoms with Crippen LogP contribution in [0.4, 0.5) is 0 Å². The molecule has 1 aliphatic rings. The summed E-state index contributed by atoms with van der Waals surface area (Å²) in [6, 6.07) is 8.77. The average molecular weight is 341 g/mol. The first kappa shape index (κ1) is 17.2. The number of nitrogens with zero attached hydrogens (tertiary/aromatic N) is 2. The molecule has 0 radical (unpaired) electrons. The minimum atomic E-state index is -0.317. The molecule has 0 spiro atoms. The van der Waals surface area contributed by atoms with Crippen LogP contribution in [0, 0.1) is 6.92 Å². The van der Waals surface area contributed by atoms with Crippen LogP contribution >= 0.6 is 0 Å². The smallest absolute Gasteiger partial charge is 0.271 e. The van der Waals surface area contributed by atoms with Crippen LogP contribution in [0.3, 0.4) is 0 Å². The fourth-order valence-corrected chi connectivity index (χ4v) is 2.99. The Labute approximate surface area is 146 Å². The molecule has 1 aromatic heterocycles. The molecule has 2 aromatic rings. The fourth-order valence-electron chi connectivity index (χ4n) is 2.99. The lowest BCUT2D eigenvalue weighted by Gasteiger charge is -2.17. The highest BCUT2D eigenvalue weighted by molar-refractivity contribution is 5.91. The van der Waals surface area contributed by atoms with E-state index in [1.165, 1.54) is 32.0 Å². The molecule has 0 saturated heterocycles. The first-order valence-electron chi connectivity index (χ1n) is 8.61. The molecular formula is C19H23N3O3. The third-order valence-electron chi connectivity index (χ3n) is 4.45. The lowest BCUT2D eigenvalue weighted by Crippen LogP contribution is -2.28. The number of aryl methyl sites for hydroxylation is 2. The number of amides is 1.